The van der Waals surface area contributed by atoms with Gasteiger partial charge in [-0.05, 0) is 83.0 Å². The van der Waals surface area contributed by atoms with Crippen LogP contribution in [0.5, 0.6) is 0 Å². The number of rotatable bonds is 43. The number of carboxylic acids is 1. The topological polar surface area (TPSA) is 128 Å². The van der Waals surface area contributed by atoms with Crippen molar-refractivity contribution in [3.8, 4) is 0 Å². The number of ether oxygens (including phenoxy) is 1. The van der Waals surface area contributed by atoms with Gasteiger partial charge in [-0.25, -0.2) is 4.79 Å². The van der Waals surface area contributed by atoms with Crippen LogP contribution in [0.1, 0.15) is 233 Å². The summed E-state index contributed by atoms with van der Waals surface area (Å²) in [5, 5.41) is 10.3. The SMILES string of the molecule is CCCCCCCCCOC(=O)CCCCCCCN(CCCCCCC(C(=O)O)C(CCCCCCCC)CCCCCCCC)CCCn1ccc(N)nc1=O. The highest BCUT2D eigenvalue weighted by Gasteiger charge is 2.27. The molecule has 3 N–H and O–H groups in total. The average molecular weight is 817 g/mol. The van der Waals surface area contributed by atoms with Crippen LogP contribution in [0, 0.1) is 11.8 Å². The van der Waals surface area contributed by atoms with Crippen molar-refractivity contribution < 1.29 is 19.4 Å². The van der Waals surface area contributed by atoms with E-state index >= 15 is 0 Å². The molecule has 9 heteroatoms. The minimum atomic E-state index is -0.581. The van der Waals surface area contributed by atoms with E-state index in [9.17, 15) is 19.5 Å². The molecule has 0 amide bonds. The first kappa shape index (κ1) is 53.6. The van der Waals surface area contributed by atoms with Gasteiger partial charge >= 0.3 is 17.6 Å². The fourth-order valence-electron chi connectivity index (χ4n) is 8.40. The molecule has 58 heavy (non-hydrogen) atoms. The number of nitrogens with zero attached hydrogens (tertiary/aromatic N) is 3. The molecule has 1 unspecified atom stereocenters. The highest BCUT2D eigenvalue weighted by molar-refractivity contribution is 5.70. The van der Waals surface area contributed by atoms with Gasteiger partial charge in [0.05, 0.1) is 12.5 Å². The first-order chi connectivity index (χ1) is 28.3. The molecule has 0 aliphatic carbocycles. The molecule has 1 aromatic heterocycles. The summed E-state index contributed by atoms with van der Waals surface area (Å²) in [5.41, 5.74) is 5.39. The number of aliphatic carboxylic acids is 1. The number of carbonyl (C=O) groups excluding carboxylic acids is 1. The molecule has 1 heterocycles. The molecule has 338 valence electrons. The van der Waals surface area contributed by atoms with Crippen LogP contribution >= 0.6 is 0 Å². The number of anilines is 1. The summed E-state index contributed by atoms with van der Waals surface area (Å²) in [7, 11) is 0. The minimum Gasteiger partial charge on any atom is -0.481 e. The maximum atomic E-state index is 12.6. The Hall–Kier alpha value is -2.42. The number of nitrogens with two attached hydrogens (primary N) is 1. The van der Waals surface area contributed by atoms with Crippen molar-refractivity contribution in [1.82, 2.24) is 14.5 Å². The van der Waals surface area contributed by atoms with Crippen molar-refractivity contribution in [3.63, 3.8) is 0 Å². The van der Waals surface area contributed by atoms with Crippen LogP contribution in [0.25, 0.3) is 0 Å². The Kier molecular flexibility index (Phi) is 35.8. The van der Waals surface area contributed by atoms with Crippen LogP contribution in [-0.2, 0) is 20.9 Å². The van der Waals surface area contributed by atoms with Crippen LogP contribution in [0.2, 0.25) is 0 Å². The number of carbonyl (C=O) groups is 2. The number of unbranched alkanes of at least 4 members (excludes halogenated alkanes) is 23. The number of aromatic nitrogens is 2. The molecular formula is C49H92N4O5. The fraction of sp³-hybridized carbons (Fsp3) is 0.878. The van der Waals surface area contributed by atoms with E-state index in [1.807, 2.05) is 0 Å². The Morgan fingerprint density at radius 2 is 1.09 bits per heavy atom. The normalized spacial score (nSPS) is 12.2. The van der Waals surface area contributed by atoms with Gasteiger partial charge in [-0.3, -0.25) is 14.2 Å². The Bertz CT molecular complexity index is 1140. The molecule has 0 aliphatic heterocycles. The van der Waals surface area contributed by atoms with Gasteiger partial charge in [0.15, 0.2) is 0 Å². The molecule has 0 saturated heterocycles. The van der Waals surface area contributed by atoms with E-state index in [1.165, 1.54) is 109 Å². The van der Waals surface area contributed by atoms with Crippen molar-refractivity contribution in [2.75, 3.05) is 32.0 Å². The smallest absolute Gasteiger partial charge is 0.349 e. The highest BCUT2D eigenvalue weighted by atomic mass is 16.5. The van der Waals surface area contributed by atoms with Crippen LogP contribution in [0.15, 0.2) is 17.1 Å². The third kappa shape index (κ3) is 30.6. The standard InChI is InChI=1S/C49H92N4O5/c1-4-7-10-13-16-24-31-43-58-47(54)36-28-20-17-22-29-38-52(40-32-41-53-42-37-46(50)51-49(53)57)39-30-23-21-27-35-45(48(55)56)44(33-25-18-14-11-8-5-2)34-26-19-15-12-9-6-3/h37,42,44-45H,4-36,38-41,43H2,1-3H3,(H,55,56)(H2,50,51,57). The summed E-state index contributed by atoms with van der Waals surface area (Å²) in [4.78, 5) is 43.4. The van der Waals surface area contributed by atoms with Gasteiger partial charge in [0.1, 0.15) is 5.82 Å². The molecule has 1 atom stereocenters. The lowest BCUT2D eigenvalue weighted by atomic mass is 9.80. The van der Waals surface area contributed by atoms with Crippen LogP contribution in [-0.4, -0.2) is 57.7 Å². The molecule has 0 saturated carbocycles. The summed E-state index contributed by atoms with van der Waals surface area (Å²) >= 11 is 0. The van der Waals surface area contributed by atoms with Crippen molar-refractivity contribution in [3.05, 3.63) is 22.7 Å². The van der Waals surface area contributed by atoms with Crippen molar-refractivity contribution in [1.29, 1.82) is 0 Å². The number of aryl methyl sites for hydroxylation is 1. The van der Waals surface area contributed by atoms with Gasteiger partial charge in [0.25, 0.3) is 0 Å². The third-order valence-electron chi connectivity index (χ3n) is 12.1. The summed E-state index contributed by atoms with van der Waals surface area (Å²) < 4.78 is 7.10. The number of nitrogen functional groups attached to an aromatic ring is 1. The van der Waals surface area contributed by atoms with Gasteiger partial charge < -0.3 is 20.5 Å². The molecule has 1 rings (SSSR count). The first-order valence-corrected chi connectivity index (χ1v) is 24.8. The van der Waals surface area contributed by atoms with Crippen LogP contribution in [0.4, 0.5) is 5.82 Å². The van der Waals surface area contributed by atoms with Crippen molar-refractivity contribution in [2.45, 2.75) is 239 Å². The summed E-state index contributed by atoms with van der Waals surface area (Å²) in [5.74, 6) is -0.282. The van der Waals surface area contributed by atoms with E-state index in [4.69, 9.17) is 10.5 Å². The van der Waals surface area contributed by atoms with Crippen LogP contribution < -0.4 is 11.4 Å². The summed E-state index contributed by atoms with van der Waals surface area (Å²) in [6.45, 7) is 10.9. The lowest BCUT2D eigenvalue weighted by Gasteiger charge is -2.25. The number of hydrogen-bond donors (Lipinski definition) is 2. The third-order valence-corrected chi connectivity index (χ3v) is 12.1. The van der Waals surface area contributed by atoms with E-state index in [0.29, 0.717) is 25.5 Å². The Morgan fingerprint density at radius 1 is 0.638 bits per heavy atom. The number of esters is 1. The summed E-state index contributed by atoms with van der Waals surface area (Å²) in [6.07, 6.45) is 39.3. The maximum absolute atomic E-state index is 12.6. The second-order valence-corrected chi connectivity index (χ2v) is 17.4. The molecule has 0 radical (unpaired) electrons. The Balaban J connectivity index is 2.50. The van der Waals surface area contributed by atoms with E-state index in [2.05, 4.69) is 30.7 Å². The van der Waals surface area contributed by atoms with E-state index < -0.39 is 5.97 Å². The maximum Gasteiger partial charge on any atom is 0.349 e. The molecule has 1 aromatic rings. The van der Waals surface area contributed by atoms with Crippen LogP contribution in [0.3, 0.4) is 0 Å². The van der Waals surface area contributed by atoms with Crippen molar-refractivity contribution in [2.24, 2.45) is 11.8 Å². The monoisotopic (exact) mass is 817 g/mol. The van der Waals surface area contributed by atoms with E-state index in [-0.39, 0.29) is 23.4 Å². The number of carboxylic acid groups (broad SMARTS) is 1. The average Bonchev–Trinajstić information content (AvgIpc) is 3.20. The van der Waals surface area contributed by atoms with E-state index in [1.54, 1.807) is 16.8 Å². The lowest BCUT2D eigenvalue weighted by molar-refractivity contribution is -0.145. The molecule has 9 nitrogen and oxygen atoms in total. The zero-order valence-electron chi connectivity index (χ0n) is 38.2. The molecule has 0 fully saturated rings. The van der Waals surface area contributed by atoms with Gasteiger partial charge in [0, 0.05) is 19.2 Å². The highest BCUT2D eigenvalue weighted by Crippen LogP contribution is 2.30. The zero-order valence-corrected chi connectivity index (χ0v) is 38.2. The second-order valence-electron chi connectivity index (χ2n) is 17.4. The molecule has 0 spiro atoms. The quantitative estimate of drug-likeness (QED) is 0.0492. The molecular weight excluding hydrogens is 725 g/mol. The molecule has 0 aromatic carbocycles. The van der Waals surface area contributed by atoms with Gasteiger partial charge in [-0.2, -0.15) is 4.98 Å². The number of hydrogen-bond acceptors (Lipinski definition) is 7. The second kappa shape index (κ2) is 38.8. The minimum absolute atomic E-state index is 0.0489. The zero-order chi connectivity index (χ0) is 42.3. The Labute approximate surface area is 356 Å². The summed E-state index contributed by atoms with van der Waals surface area (Å²) in [6, 6.07) is 1.68. The van der Waals surface area contributed by atoms with E-state index in [0.717, 1.165) is 116 Å². The fourth-order valence-corrected chi connectivity index (χ4v) is 8.40. The predicted molar refractivity (Wildman–Crippen MR) is 244 cm³/mol. The molecule has 0 aliphatic rings. The van der Waals surface area contributed by atoms with Gasteiger partial charge in [-0.15, -0.1) is 0 Å². The molecule has 0 bridgehead atoms. The van der Waals surface area contributed by atoms with Crippen molar-refractivity contribution >= 4 is 17.8 Å². The lowest BCUT2D eigenvalue weighted by Crippen LogP contribution is -2.30. The van der Waals surface area contributed by atoms with Gasteiger partial charge in [-0.1, -0.05) is 175 Å². The Morgan fingerprint density at radius 3 is 1.60 bits per heavy atom. The van der Waals surface area contributed by atoms with Gasteiger partial charge in [0.2, 0.25) is 0 Å². The first-order valence-electron chi connectivity index (χ1n) is 24.8. The predicted octanol–water partition coefficient (Wildman–Crippen LogP) is 12.9. The largest absolute Gasteiger partial charge is 0.481 e.